The first-order valence-corrected chi connectivity index (χ1v) is 6.44. The highest BCUT2D eigenvalue weighted by Crippen LogP contribution is 2.12. The van der Waals surface area contributed by atoms with Gasteiger partial charge in [0.05, 0.1) is 18.0 Å². The first-order valence-electron chi connectivity index (χ1n) is 6.44. The van der Waals surface area contributed by atoms with Crippen LogP contribution < -0.4 is 10.9 Å². The lowest BCUT2D eigenvalue weighted by molar-refractivity contribution is 0.0890. The van der Waals surface area contributed by atoms with Crippen LogP contribution >= 0.6 is 0 Å². The molecule has 0 aliphatic heterocycles. The van der Waals surface area contributed by atoms with Crippen molar-refractivity contribution in [1.29, 1.82) is 0 Å². The number of nitrogens with zero attached hydrogens (tertiary/aromatic N) is 1. The number of fused-ring (bicyclic) bond motifs is 1. The van der Waals surface area contributed by atoms with Crippen molar-refractivity contribution >= 4 is 16.7 Å². The Morgan fingerprint density at radius 1 is 1.40 bits per heavy atom. The van der Waals surface area contributed by atoms with Gasteiger partial charge in [0.25, 0.3) is 11.5 Å². The van der Waals surface area contributed by atoms with Gasteiger partial charge in [0.1, 0.15) is 0 Å². The summed E-state index contributed by atoms with van der Waals surface area (Å²) in [6.07, 6.45) is 0.751. The van der Waals surface area contributed by atoms with Crippen LogP contribution in [0.25, 0.3) is 10.8 Å². The summed E-state index contributed by atoms with van der Waals surface area (Å²) < 4.78 is 5.05. The third-order valence-corrected chi connectivity index (χ3v) is 3.11. The zero-order valence-corrected chi connectivity index (χ0v) is 11.5. The van der Waals surface area contributed by atoms with Crippen molar-refractivity contribution in [2.24, 2.45) is 0 Å². The van der Waals surface area contributed by atoms with Crippen molar-refractivity contribution in [1.82, 2.24) is 15.5 Å². The molecule has 1 atom stereocenters. The SMILES string of the molecule is CCC(COC)NC(=O)c1n[nH]c(=O)c2ccccc12. The van der Waals surface area contributed by atoms with E-state index in [4.69, 9.17) is 4.74 Å². The van der Waals surface area contributed by atoms with Crippen LogP contribution in [-0.4, -0.2) is 35.9 Å². The molecule has 1 aromatic heterocycles. The predicted octanol–water partition coefficient (Wildman–Crippen LogP) is 1.08. The van der Waals surface area contributed by atoms with Crippen LogP contribution in [0.5, 0.6) is 0 Å². The zero-order chi connectivity index (χ0) is 14.5. The van der Waals surface area contributed by atoms with Crippen molar-refractivity contribution in [3.05, 3.63) is 40.3 Å². The lowest BCUT2D eigenvalue weighted by Gasteiger charge is -2.15. The van der Waals surface area contributed by atoms with Gasteiger partial charge in [-0.05, 0) is 12.5 Å². The Hall–Kier alpha value is -2.21. The fourth-order valence-corrected chi connectivity index (χ4v) is 2.00. The van der Waals surface area contributed by atoms with E-state index >= 15 is 0 Å². The van der Waals surface area contributed by atoms with E-state index in [1.807, 2.05) is 6.92 Å². The number of rotatable bonds is 5. The molecule has 1 aromatic carbocycles. The smallest absolute Gasteiger partial charge is 0.272 e. The molecule has 2 rings (SSSR count). The maximum atomic E-state index is 12.3. The van der Waals surface area contributed by atoms with Crippen LogP contribution in [0.15, 0.2) is 29.1 Å². The summed E-state index contributed by atoms with van der Waals surface area (Å²) in [7, 11) is 1.59. The second-order valence-electron chi connectivity index (χ2n) is 4.48. The van der Waals surface area contributed by atoms with Crippen LogP contribution in [0.3, 0.4) is 0 Å². The average Bonchev–Trinajstić information content (AvgIpc) is 2.47. The molecule has 0 aliphatic rings. The maximum absolute atomic E-state index is 12.3. The van der Waals surface area contributed by atoms with Crippen molar-refractivity contribution < 1.29 is 9.53 Å². The van der Waals surface area contributed by atoms with Crippen molar-refractivity contribution in [3.8, 4) is 0 Å². The molecule has 0 radical (unpaired) electrons. The normalized spacial score (nSPS) is 12.3. The highest BCUT2D eigenvalue weighted by Gasteiger charge is 2.17. The van der Waals surface area contributed by atoms with Crippen molar-refractivity contribution in [3.63, 3.8) is 0 Å². The third-order valence-electron chi connectivity index (χ3n) is 3.11. The number of aromatic amines is 1. The van der Waals surface area contributed by atoms with Gasteiger partial charge >= 0.3 is 0 Å². The molecule has 0 saturated heterocycles. The summed E-state index contributed by atoms with van der Waals surface area (Å²) in [4.78, 5) is 23.9. The molecule has 0 bridgehead atoms. The fourth-order valence-electron chi connectivity index (χ4n) is 2.00. The van der Waals surface area contributed by atoms with E-state index in [-0.39, 0.29) is 23.2 Å². The number of H-pyrrole nitrogens is 1. The summed E-state index contributed by atoms with van der Waals surface area (Å²) in [5.74, 6) is -0.318. The number of ether oxygens (including phenoxy) is 1. The van der Waals surface area contributed by atoms with E-state index in [0.717, 1.165) is 6.42 Å². The van der Waals surface area contributed by atoms with Crippen LogP contribution in [0, 0.1) is 0 Å². The summed E-state index contributed by atoms with van der Waals surface area (Å²) >= 11 is 0. The molecule has 6 nitrogen and oxygen atoms in total. The van der Waals surface area contributed by atoms with Gasteiger partial charge < -0.3 is 10.1 Å². The standard InChI is InChI=1S/C14H17N3O3/c1-3-9(8-20-2)15-14(19)12-10-6-4-5-7-11(10)13(18)17-16-12/h4-7,9H,3,8H2,1-2H3,(H,15,19)(H,17,18). The Labute approximate surface area is 116 Å². The first-order chi connectivity index (χ1) is 9.67. The Morgan fingerprint density at radius 2 is 2.10 bits per heavy atom. The molecular weight excluding hydrogens is 258 g/mol. The number of nitrogens with one attached hydrogen (secondary N) is 2. The van der Waals surface area contributed by atoms with Gasteiger partial charge in [0.15, 0.2) is 5.69 Å². The molecule has 2 aromatic rings. The molecule has 20 heavy (non-hydrogen) atoms. The second kappa shape index (κ2) is 6.29. The van der Waals surface area contributed by atoms with E-state index in [9.17, 15) is 9.59 Å². The van der Waals surface area contributed by atoms with Crippen LogP contribution in [-0.2, 0) is 4.74 Å². The van der Waals surface area contributed by atoms with E-state index in [1.54, 1.807) is 31.4 Å². The average molecular weight is 275 g/mol. The molecule has 0 saturated carbocycles. The number of benzene rings is 1. The lowest BCUT2D eigenvalue weighted by atomic mass is 10.1. The van der Waals surface area contributed by atoms with Gasteiger partial charge in [0, 0.05) is 12.5 Å². The molecule has 1 heterocycles. The van der Waals surface area contributed by atoms with Crippen LogP contribution in [0.2, 0.25) is 0 Å². The molecule has 6 heteroatoms. The van der Waals surface area contributed by atoms with E-state index in [2.05, 4.69) is 15.5 Å². The monoisotopic (exact) mass is 275 g/mol. The third kappa shape index (κ3) is 2.85. The highest BCUT2D eigenvalue weighted by molar-refractivity contribution is 6.04. The maximum Gasteiger partial charge on any atom is 0.272 e. The highest BCUT2D eigenvalue weighted by atomic mass is 16.5. The van der Waals surface area contributed by atoms with Gasteiger partial charge in [-0.25, -0.2) is 5.10 Å². The van der Waals surface area contributed by atoms with Crippen LogP contribution in [0.4, 0.5) is 0 Å². The fraction of sp³-hybridized carbons (Fsp3) is 0.357. The molecule has 0 spiro atoms. The van der Waals surface area contributed by atoms with E-state index in [0.29, 0.717) is 17.4 Å². The molecule has 1 amide bonds. The first kappa shape index (κ1) is 14.2. The lowest BCUT2D eigenvalue weighted by Crippen LogP contribution is -2.38. The minimum atomic E-state index is -0.318. The summed E-state index contributed by atoms with van der Waals surface area (Å²) in [5, 5.41) is 10.1. The molecular formula is C14H17N3O3. The Morgan fingerprint density at radius 3 is 2.75 bits per heavy atom. The minimum absolute atomic E-state index is 0.0833. The van der Waals surface area contributed by atoms with Gasteiger partial charge in [0.2, 0.25) is 0 Å². The number of carbonyl (C=O) groups excluding carboxylic acids is 1. The minimum Gasteiger partial charge on any atom is -0.383 e. The largest absolute Gasteiger partial charge is 0.383 e. The zero-order valence-electron chi connectivity index (χ0n) is 11.5. The van der Waals surface area contributed by atoms with Gasteiger partial charge in [-0.15, -0.1) is 0 Å². The Bertz CT molecular complexity index is 666. The predicted molar refractivity (Wildman–Crippen MR) is 75.8 cm³/mol. The van der Waals surface area contributed by atoms with Crippen molar-refractivity contribution in [2.75, 3.05) is 13.7 Å². The van der Waals surface area contributed by atoms with Gasteiger partial charge in [-0.1, -0.05) is 25.1 Å². The van der Waals surface area contributed by atoms with Gasteiger partial charge in [-0.2, -0.15) is 5.10 Å². The Kier molecular flexibility index (Phi) is 4.47. The quantitative estimate of drug-likeness (QED) is 0.855. The Balaban J connectivity index is 2.35. The number of amides is 1. The number of aromatic nitrogens is 2. The number of methoxy groups -OCH3 is 1. The van der Waals surface area contributed by atoms with Gasteiger partial charge in [-0.3, -0.25) is 9.59 Å². The van der Waals surface area contributed by atoms with E-state index in [1.165, 1.54) is 0 Å². The summed E-state index contributed by atoms with van der Waals surface area (Å²) in [6.45, 7) is 2.39. The number of hydrogen-bond donors (Lipinski definition) is 2. The summed E-state index contributed by atoms with van der Waals surface area (Å²) in [6, 6.07) is 6.81. The number of carbonyl (C=O) groups is 1. The molecule has 0 fully saturated rings. The topological polar surface area (TPSA) is 84.1 Å². The van der Waals surface area contributed by atoms with Crippen LogP contribution in [0.1, 0.15) is 23.8 Å². The van der Waals surface area contributed by atoms with Crippen molar-refractivity contribution in [2.45, 2.75) is 19.4 Å². The molecule has 106 valence electrons. The number of hydrogen-bond acceptors (Lipinski definition) is 4. The molecule has 2 N–H and O–H groups in total. The summed E-state index contributed by atoms with van der Waals surface area (Å²) in [5.41, 5.74) is -0.0872. The second-order valence-corrected chi connectivity index (χ2v) is 4.48. The molecule has 1 unspecified atom stereocenters. The van der Waals surface area contributed by atoms with E-state index < -0.39 is 0 Å². The molecule has 0 aliphatic carbocycles.